The van der Waals surface area contributed by atoms with Gasteiger partial charge in [-0.05, 0) is 30.4 Å². The van der Waals surface area contributed by atoms with Gasteiger partial charge in [0.1, 0.15) is 4.88 Å². The molecule has 0 saturated carbocycles. The van der Waals surface area contributed by atoms with E-state index in [-0.39, 0.29) is 23.2 Å². The molecule has 2 rings (SSSR count). The first kappa shape index (κ1) is 14.5. The maximum atomic E-state index is 12.0. The summed E-state index contributed by atoms with van der Waals surface area (Å²) in [7, 11) is 0. The molecule has 1 amide bonds. The molecule has 0 aliphatic heterocycles. The van der Waals surface area contributed by atoms with E-state index in [1.165, 1.54) is 11.3 Å². The Labute approximate surface area is 121 Å². The number of hydrogen-bond donors (Lipinski definition) is 2. The van der Waals surface area contributed by atoms with E-state index in [0.29, 0.717) is 5.56 Å². The number of carbonyl (C=O) groups is 2. The van der Waals surface area contributed by atoms with E-state index in [4.69, 9.17) is 0 Å². The Morgan fingerprint density at radius 2 is 2.05 bits per heavy atom. The van der Waals surface area contributed by atoms with Crippen molar-refractivity contribution in [2.24, 2.45) is 0 Å². The molecule has 0 saturated heterocycles. The van der Waals surface area contributed by atoms with Crippen LogP contribution in [0, 0.1) is 0 Å². The summed E-state index contributed by atoms with van der Waals surface area (Å²) in [5.74, 6) is -1.11. The number of fused-ring (bicyclic) bond motifs is 1. The lowest BCUT2D eigenvalue weighted by Gasteiger charge is -2.11. The number of carboxylic acids is 1. The molecule has 0 spiro atoms. The zero-order valence-corrected chi connectivity index (χ0v) is 12.3. The van der Waals surface area contributed by atoms with Crippen molar-refractivity contribution in [3.8, 4) is 0 Å². The summed E-state index contributed by atoms with van der Waals surface area (Å²) in [6.45, 7) is 3.93. The molecule has 106 valence electrons. The molecule has 0 bridgehead atoms. The number of thiophene rings is 1. The van der Waals surface area contributed by atoms with Crippen LogP contribution in [0.3, 0.4) is 0 Å². The molecule has 4 nitrogen and oxygen atoms in total. The van der Waals surface area contributed by atoms with Crippen molar-refractivity contribution in [2.45, 2.75) is 32.7 Å². The van der Waals surface area contributed by atoms with Crippen molar-refractivity contribution >= 4 is 33.3 Å². The van der Waals surface area contributed by atoms with Gasteiger partial charge >= 0.3 is 5.97 Å². The van der Waals surface area contributed by atoms with Crippen molar-refractivity contribution in [1.82, 2.24) is 5.32 Å². The minimum Gasteiger partial charge on any atom is -0.477 e. The molecule has 1 heterocycles. The summed E-state index contributed by atoms with van der Waals surface area (Å²) >= 11 is 1.22. The summed E-state index contributed by atoms with van der Waals surface area (Å²) in [4.78, 5) is 23.6. The number of amides is 1. The molecule has 0 aliphatic carbocycles. The number of benzene rings is 1. The van der Waals surface area contributed by atoms with Gasteiger partial charge in [-0.15, -0.1) is 11.3 Å². The summed E-state index contributed by atoms with van der Waals surface area (Å²) in [5, 5.41) is 13.0. The van der Waals surface area contributed by atoms with E-state index >= 15 is 0 Å². The predicted molar refractivity (Wildman–Crippen MR) is 80.4 cm³/mol. The van der Waals surface area contributed by atoms with E-state index in [2.05, 4.69) is 5.32 Å². The van der Waals surface area contributed by atoms with Crippen molar-refractivity contribution in [3.05, 3.63) is 34.7 Å². The normalized spacial score (nSPS) is 12.3. The lowest BCUT2D eigenvalue weighted by Crippen LogP contribution is -2.33. The van der Waals surface area contributed by atoms with Crippen LogP contribution in [-0.4, -0.2) is 23.0 Å². The van der Waals surface area contributed by atoms with Gasteiger partial charge in [0.25, 0.3) is 0 Å². The highest BCUT2D eigenvalue weighted by Crippen LogP contribution is 2.31. The van der Waals surface area contributed by atoms with Crippen molar-refractivity contribution < 1.29 is 14.7 Å². The van der Waals surface area contributed by atoms with E-state index in [1.807, 2.05) is 38.1 Å². The smallest absolute Gasteiger partial charge is 0.346 e. The molecule has 1 aromatic heterocycles. The lowest BCUT2D eigenvalue weighted by molar-refractivity contribution is -0.121. The Balaban J connectivity index is 2.34. The standard InChI is InChI=1S/C15H17NO3S/c1-3-9(2)16-13(17)8-11-10-6-4-5-7-12(10)20-14(11)15(18)19/h4-7,9H,3,8H2,1-2H3,(H,16,17)(H,18,19). The summed E-state index contributed by atoms with van der Waals surface area (Å²) in [6.07, 6.45) is 0.956. The van der Waals surface area contributed by atoms with E-state index in [1.54, 1.807) is 0 Å². The van der Waals surface area contributed by atoms with Crippen LogP contribution in [0.15, 0.2) is 24.3 Å². The van der Waals surface area contributed by atoms with Gasteiger partial charge in [0.2, 0.25) is 5.91 Å². The topological polar surface area (TPSA) is 66.4 Å². The molecule has 20 heavy (non-hydrogen) atoms. The summed E-state index contributed by atoms with van der Waals surface area (Å²) in [6, 6.07) is 7.57. The van der Waals surface area contributed by atoms with Gasteiger partial charge in [0, 0.05) is 10.7 Å². The third-order valence-electron chi connectivity index (χ3n) is 3.25. The first-order chi connectivity index (χ1) is 9.52. The van der Waals surface area contributed by atoms with Gasteiger partial charge in [-0.2, -0.15) is 0 Å². The zero-order valence-electron chi connectivity index (χ0n) is 11.5. The third-order valence-corrected chi connectivity index (χ3v) is 4.45. The third kappa shape index (κ3) is 2.99. The molecular weight excluding hydrogens is 274 g/mol. The Morgan fingerprint density at radius 3 is 2.70 bits per heavy atom. The quantitative estimate of drug-likeness (QED) is 0.889. The molecule has 2 aromatic rings. The minimum absolute atomic E-state index is 0.0978. The number of nitrogens with one attached hydrogen (secondary N) is 1. The molecule has 0 fully saturated rings. The second-order valence-electron chi connectivity index (χ2n) is 4.76. The average Bonchev–Trinajstić information content (AvgIpc) is 2.78. The van der Waals surface area contributed by atoms with E-state index < -0.39 is 5.97 Å². The monoisotopic (exact) mass is 291 g/mol. The van der Waals surface area contributed by atoms with Crippen LogP contribution in [0.25, 0.3) is 10.1 Å². The molecule has 1 unspecified atom stereocenters. The second kappa shape index (κ2) is 6.05. The highest BCUT2D eigenvalue weighted by atomic mass is 32.1. The maximum absolute atomic E-state index is 12.0. The first-order valence-electron chi connectivity index (χ1n) is 6.56. The van der Waals surface area contributed by atoms with Gasteiger partial charge in [-0.1, -0.05) is 25.1 Å². The van der Waals surface area contributed by atoms with Crippen LogP contribution >= 0.6 is 11.3 Å². The van der Waals surface area contributed by atoms with Gasteiger partial charge < -0.3 is 10.4 Å². The average molecular weight is 291 g/mol. The van der Waals surface area contributed by atoms with E-state index in [9.17, 15) is 14.7 Å². The number of aromatic carboxylic acids is 1. The Hall–Kier alpha value is -1.88. The maximum Gasteiger partial charge on any atom is 0.346 e. The number of rotatable bonds is 5. The van der Waals surface area contributed by atoms with Crippen LogP contribution in [0.2, 0.25) is 0 Å². The number of carboxylic acid groups (broad SMARTS) is 1. The number of hydrogen-bond acceptors (Lipinski definition) is 3. The van der Waals surface area contributed by atoms with Gasteiger partial charge in [-0.25, -0.2) is 4.79 Å². The van der Waals surface area contributed by atoms with Crippen LogP contribution in [0.1, 0.15) is 35.5 Å². The minimum atomic E-state index is -0.975. The second-order valence-corrected chi connectivity index (χ2v) is 5.82. The zero-order chi connectivity index (χ0) is 14.7. The molecule has 5 heteroatoms. The SMILES string of the molecule is CCC(C)NC(=O)Cc1c(C(=O)O)sc2ccccc12. The Kier molecular flexibility index (Phi) is 4.39. The molecule has 0 radical (unpaired) electrons. The highest BCUT2D eigenvalue weighted by Gasteiger charge is 2.20. The molecule has 2 N–H and O–H groups in total. The lowest BCUT2D eigenvalue weighted by atomic mass is 10.1. The van der Waals surface area contributed by atoms with Crippen molar-refractivity contribution in [1.29, 1.82) is 0 Å². The first-order valence-corrected chi connectivity index (χ1v) is 7.37. The van der Waals surface area contributed by atoms with Gasteiger partial charge in [-0.3, -0.25) is 4.79 Å². The fourth-order valence-electron chi connectivity index (χ4n) is 2.04. The Bertz CT molecular complexity index is 648. The molecule has 0 aliphatic rings. The van der Waals surface area contributed by atoms with E-state index in [0.717, 1.165) is 16.5 Å². The predicted octanol–water partition coefficient (Wildman–Crippen LogP) is 3.06. The number of carbonyl (C=O) groups excluding carboxylic acids is 1. The van der Waals surface area contributed by atoms with Crippen LogP contribution < -0.4 is 5.32 Å². The van der Waals surface area contributed by atoms with Crippen LogP contribution in [0.4, 0.5) is 0 Å². The van der Waals surface area contributed by atoms with Crippen molar-refractivity contribution in [3.63, 3.8) is 0 Å². The van der Waals surface area contributed by atoms with Gasteiger partial charge in [0.15, 0.2) is 0 Å². The molecular formula is C15H17NO3S. The summed E-state index contributed by atoms with van der Waals surface area (Å²) < 4.78 is 0.899. The Morgan fingerprint density at radius 1 is 1.35 bits per heavy atom. The van der Waals surface area contributed by atoms with Crippen molar-refractivity contribution in [2.75, 3.05) is 0 Å². The fraction of sp³-hybridized carbons (Fsp3) is 0.333. The molecule has 1 atom stereocenters. The van der Waals surface area contributed by atoms with Gasteiger partial charge in [0.05, 0.1) is 6.42 Å². The van der Waals surface area contributed by atoms with Crippen LogP contribution in [0.5, 0.6) is 0 Å². The highest BCUT2D eigenvalue weighted by molar-refractivity contribution is 7.21. The molecule has 1 aromatic carbocycles. The fourth-order valence-corrected chi connectivity index (χ4v) is 3.10. The summed E-state index contributed by atoms with van der Waals surface area (Å²) in [5.41, 5.74) is 0.610. The van der Waals surface area contributed by atoms with Crippen LogP contribution in [-0.2, 0) is 11.2 Å². The largest absolute Gasteiger partial charge is 0.477 e.